The van der Waals surface area contributed by atoms with Crippen LogP contribution in [0.3, 0.4) is 0 Å². The Balaban J connectivity index is 3.67. The number of amides is 1. The lowest BCUT2D eigenvalue weighted by atomic mass is 10.1. The number of nitrogens with one attached hydrogen (secondary N) is 2. The molecule has 17 heavy (non-hydrogen) atoms. The van der Waals surface area contributed by atoms with Gasteiger partial charge in [0.25, 0.3) is 0 Å². The van der Waals surface area contributed by atoms with E-state index >= 15 is 0 Å². The number of carbonyl (C=O) groups is 1. The van der Waals surface area contributed by atoms with Crippen LogP contribution in [0.25, 0.3) is 0 Å². The van der Waals surface area contributed by atoms with Crippen molar-refractivity contribution in [3.63, 3.8) is 0 Å². The summed E-state index contributed by atoms with van der Waals surface area (Å²) in [5.41, 5.74) is -0.469. The predicted octanol–water partition coefficient (Wildman–Crippen LogP) is 1.12. The molecule has 0 rings (SSSR count). The highest BCUT2D eigenvalue weighted by molar-refractivity contribution is 5.67. The fourth-order valence-electron chi connectivity index (χ4n) is 1.25. The molecule has 0 bridgehead atoms. The molecule has 1 amide bonds. The highest BCUT2D eigenvalue weighted by atomic mass is 16.6. The Labute approximate surface area is 104 Å². The average Bonchev–Trinajstić information content (AvgIpc) is 2.14. The monoisotopic (exact) mass is 246 g/mol. The molecule has 5 nitrogen and oxygen atoms in total. The number of alkyl carbamates (subject to hydrolysis) is 1. The van der Waals surface area contributed by atoms with E-state index in [1.54, 1.807) is 0 Å². The van der Waals surface area contributed by atoms with Crippen molar-refractivity contribution in [1.82, 2.24) is 10.6 Å². The topological polar surface area (TPSA) is 70.6 Å². The van der Waals surface area contributed by atoms with Crippen LogP contribution in [-0.4, -0.2) is 42.5 Å². The maximum Gasteiger partial charge on any atom is 0.407 e. The smallest absolute Gasteiger partial charge is 0.407 e. The van der Waals surface area contributed by atoms with E-state index in [0.29, 0.717) is 19.0 Å². The van der Waals surface area contributed by atoms with E-state index in [-0.39, 0.29) is 12.6 Å². The maximum absolute atomic E-state index is 11.3. The van der Waals surface area contributed by atoms with Crippen molar-refractivity contribution in [3.05, 3.63) is 0 Å². The van der Waals surface area contributed by atoms with Crippen LogP contribution in [0.4, 0.5) is 4.79 Å². The molecule has 1 atom stereocenters. The van der Waals surface area contributed by atoms with Gasteiger partial charge >= 0.3 is 6.09 Å². The molecule has 0 radical (unpaired) electrons. The molecule has 0 saturated heterocycles. The number of aliphatic hydroxyl groups is 1. The molecule has 0 aromatic carbocycles. The second-order valence-corrected chi connectivity index (χ2v) is 5.42. The zero-order valence-electron chi connectivity index (χ0n) is 11.5. The van der Waals surface area contributed by atoms with E-state index in [1.807, 2.05) is 34.6 Å². The summed E-state index contributed by atoms with van der Waals surface area (Å²) in [6, 6.07) is 0.0652. The molecule has 0 aliphatic carbocycles. The van der Waals surface area contributed by atoms with Crippen molar-refractivity contribution in [2.24, 2.45) is 5.92 Å². The van der Waals surface area contributed by atoms with Gasteiger partial charge in [-0.1, -0.05) is 13.8 Å². The maximum atomic E-state index is 11.3. The van der Waals surface area contributed by atoms with Gasteiger partial charge in [-0.3, -0.25) is 0 Å². The molecule has 0 aromatic rings. The molecular formula is C12H26N2O3. The molecule has 0 unspecified atom stereocenters. The first kappa shape index (κ1) is 16.2. The molecule has 0 fully saturated rings. The number of carbonyl (C=O) groups excluding carboxylic acids is 1. The number of rotatable bonds is 6. The van der Waals surface area contributed by atoms with E-state index < -0.39 is 11.7 Å². The summed E-state index contributed by atoms with van der Waals surface area (Å²) in [6.45, 7) is 10.7. The third kappa shape index (κ3) is 8.94. The lowest BCUT2D eigenvalue weighted by Gasteiger charge is -2.21. The summed E-state index contributed by atoms with van der Waals surface area (Å²) in [6.07, 6.45) is -0.413. The van der Waals surface area contributed by atoms with Crippen LogP contribution in [0.2, 0.25) is 0 Å². The van der Waals surface area contributed by atoms with Crippen molar-refractivity contribution in [3.8, 4) is 0 Å². The van der Waals surface area contributed by atoms with Gasteiger partial charge in [-0.2, -0.15) is 0 Å². The van der Waals surface area contributed by atoms with Gasteiger partial charge < -0.3 is 20.5 Å². The SMILES string of the molecule is CC(C)[C@@H](CO)NCCNC(=O)OC(C)(C)C. The molecule has 0 spiro atoms. The zero-order valence-corrected chi connectivity index (χ0v) is 11.5. The number of aliphatic hydroxyl groups excluding tert-OH is 1. The first-order valence-corrected chi connectivity index (χ1v) is 6.07. The fraction of sp³-hybridized carbons (Fsp3) is 0.917. The van der Waals surface area contributed by atoms with Crippen molar-refractivity contribution in [1.29, 1.82) is 0 Å². The summed E-state index contributed by atoms with van der Waals surface area (Å²) in [4.78, 5) is 11.3. The third-order valence-electron chi connectivity index (χ3n) is 2.20. The lowest BCUT2D eigenvalue weighted by molar-refractivity contribution is 0.0527. The van der Waals surface area contributed by atoms with Gasteiger partial charge in [0.1, 0.15) is 5.60 Å². The zero-order chi connectivity index (χ0) is 13.5. The second kappa shape index (κ2) is 7.50. The van der Waals surface area contributed by atoms with Crippen LogP contribution >= 0.6 is 0 Å². The molecule has 0 heterocycles. The standard InChI is InChI=1S/C12H26N2O3/c1-9(2)10(8-15)13-6-7-14-11(16)17-12(3,4)5/h9-10,13,15H,6-8H2,1-5H3,(H,14,16)/t10-/m1/s1. The van der Waals surface area contributed by atoms with Gasteiger partial charge in [0.05, 0.1) is 6.61 Å². The van der Waals surface area contributed by atoms with Gasteiger partial charge in [0.15, 0.2) is 0 Å². The molecule has 0 saturated carbocycles. The van der Waals surface area contributed by atoms with Crippen LogP contribution in [0.5, 0.6) is 0 Å². The van der Waals surface area contributed by atoms with Crippen molar-refractivity contribution in [2.45, 2.75) is 46.3 Å². The number of ether oxygens (including phenoxy) is 1. The Hall–Kier alpha value is -0.810. The van der Waals surface area contributed by atoms with Crippen LogP contribution in [0.1, 0.15) is 34.6 Å². The second-order valence-electron chi connectivity index (χ2n) is 5.42. The summed E-state index contributed by atoms with van der Waals surface area (Å²) in [7, 11) is 0. The Kier molecular flexibility index (Phi) is 7.15. The minimum atomic E-state index is -0.469. The van der Waals surface area contributed by atoms with Gasteiger partial charge in [0, 0.05) is 19.1 Å². The van der Waals surface area contributed by atoms with E-state index in [2.05, 4.69) is 10.6 Å². The Morgan fingerprint density at radius 1 is 1.29 bits per heavy atom. The lowest BCUT2D eigenvalue weighted by Crippen LogP contribution is -2.42. The van der Waals surface area contributed by atoms with E-state index in [1.165, 1.54) is 0 Å². The molecule has 0 aliphatic rings. The normalized spacial score (nSPS) is 13.6. The van der Waals surface area contributed by atoms with E-state index in [4.69, 9.17) is 9.84 Å². The van der Waals surface area contributed by atoms with Crippen LogP contribution in [-0.2, 0) is 4.74 Å². The molecule has 5 heteroatoms. The molecule has 102 valence electrons. The van der Waals surface area contributed by atoms with Gasteiger partial charge in [0.2, 0.25) is 0 Å². The quantitative estimate of drug-likeness (QED) is 0.614. The van der Waals surface area contributed by atoms with E-state index in [9.17, 15) is 4.79 Å². The average molecular weight is 246 g/mol. The van der Waals surface area contributed by atoms with Gasteiger partial charge in [-0.05, 0) is 26.7 Å². The highest BCUT2D eigenvalue weighted by Crippen LogP contribution is 2.06. The molecular weight excluding hydrogens is 220 g/mol. The molecule has 3 N–H and O–H groups in total. The Morgan fingerprint density at radius 3 is 2.29 bits per heavy atom. The summed E-state index contributed by atoms with van der Waals surface area (Å²) in [5, 5.41) is 14.9. The van der Waals surface area contributed by atoms with Crippen molar-refractivity contribution >= 4 is 6.09 Å². The van der Waals surface area contributed by atoms with Crippen LogP contribution in [0, 0.1) is 5.92 Å². The summed E-state index contributed by atoms with van der Waals surface area (Å²) in [5.74, 6) is 0.363. The summed E-state index contributed by atoms with van der Waals surface area (Å²) >= 11 is 0. The number of hydrogen-bond acceptors (Lipinski definition) is 4. The highest BCUT2D eigenvalue weighted by Gasteiger charge is 2.15. The Bertz CT molecular complexity index is 224. The first-order valence-electron chi connectivity index (χ1n) is 6.07. The van der Waals surface area contributed by atoms with Crippen LogP contribution < -0.4 is 10.6 Å². The third-order valence-corrected chi connectivity index (χ3v) is 2.20. The van der Waals surface area contributed by atoms with Gasteiger partial charge in [-0.15, -0.1) is 0 Å². The Morgan fingerprint density at radius 2 is 1.88 bits per heavy atom. The predicted molar refractivity (Wildman–Crippen MR) is 68.0 cm³/mol. The van der Waals surface area contributed by atoms with Crippen LogP contribution in [0.15, 0.2) is 0 Å². The number of hydrogen-bond donors (Lipinski definition) is 3. The minimum Gasteiger partial charge on any atom is -0.444 e. The molecule has 0 aliphatic heterocycles. The largest absolute Gasteiger partial charge is 0.444 e. The fourth-order valence-corrected chi connectivity index (χ4v) is 1.25. The van der Waals surface area contributed by atoms with Crippen molar-refractivity contribution in [2.75, 3.05) is 19.7 Å². The van der Waals surface area contributed by atoms with Crippen molar-refractivity contribution < 1.29 is 14.6 Å². The summed E-state index contributed by atoms with van der Waals surface area (Å²) < 4.78 is 5.09. The van der Waals surface area contributed by atoms with E-state index in [0.717, 1.165) is 0 Å². The minimum absolute atomic E-state index is 0.0652. The molecule has 0 aromatic heterocycles. The first-order chi connectivity index (χ1) is 7.76. The van der Waals surface area contributed by atoms with Gasteiger partial charge in [-0.25, -0.2) is 4.79 Å².